The van der Waals surface area contributed by atoms with E-state index in [1.54, 1.807) is 6.07 Å². The van der Waals surface area contributed by atoms with Gasteiger partial charge in [-0.2, -0.15) is 0 Å². The van der Waals surface area contributed by atoms with Gasteiger partial charge in [-0.15, -0.1) is 22.9 Å². The zero-order valence-corrected chi connectivity index (χ0v) is 15.3. The molecule has 0 spiro atoms. The minimum atomic E-state index is -0.595. The van der Waals surface area contributed by atoms with Crippen LogP contribution in [-0.2, 0) is 0 Å². The molecule has 2 nitrogen and oxygen atoms in total. The summed E-state index contributed by atoms with van der Waals surface area (Å²) in [5.74, 6) is 0.360. The second-order valence-electron chi connectivity index (χ2n) is 3.86. The SMILES string of the molecule is COc1cc(F)c(C(Cl)c2cc(Br)c(Br)s2)cc1OC. The smallest absolute Gasteiger partial charge is 0.163 e. The molecular formula is C13H10Br2ClFO2S. The molecule has 0 amide bonds. The summed E-state index contributed by atoms with van der Waals surface area (Å²) in [6, 6.07) is 4.71. The van der Waals surface area contributed by atoms with Crippen LogP contribution < -0.4 is 9.47 Å². The summed E-state index contributed by atoms with van der Waals surface area (Å²) in [7, 11) is 2.96. The minimum Gasteiger partial charge on any atom is -0.493 e. The summed E-state index contributed by atoms with van der Waals surface area (Å²) in [5, 5.41) is -0.595. The number of halogens is 4. The van der Waals surface area contributed by atoms with E-state index in [2.05, 4.69) is 31.9 Å². The highest BCUT2D eigenvalue weighted by Crippen LogP contribution is 2.43. The first-order valence-electron chi connectivity index (χ1n) is 5.48. The van der Waals surface area contributed by atoms with Crippen molar-refractivity contribution in [2.45, 2.75) is 5.38 Å². The van der Waals surface area contributed by atoms with Gasteiger partial charge < -0.3 is 9.47 Å². The van der Waals surface area contributed by atoms with Crippen LogP contribution in [0.3, 0.4) is 0 Å². The Morgan fingerprint density at radius 1 is 1.15 bits per heavy atom. The van der Waals surface area contributed by atoms with Crippen molar-refractivity contribution in [1.82, 2.24) is 0 Å². The molecule has 108 valence electrons. The highest BCUT2D eigenvalue weighted by Gasteiger charge is 2.21. The highest BCUT2D eigenvalue weighted by molar-refractivity contribution is 9.13. The fourth-order valence-electron chi connectivity index (χ4n) is 1.71. The maximum absolute atomic E-state index is 14.2. The summed E-state index contributed by atoms with van der Waals surface area (Å²) in [5.41, 5.74) is 0.352. The Balaban J connectivity index is 2.46. The molecular weight excluding hydrogens is 434 g/mol. The predicted molar refractivity (Wildman–Crippen MR) is 86.9 cm³/mol. The Bertz CT molecular complexity index is 614. The lowest BCUT2D eigenvalue weighted by Crippen LogP contribution is -1.99. The highest BCUT2D eigenvalue weighted by atomic mass is 79.9. The molecule has 0 aliphatic carbocycles. The Kier molecular flexibility index (Phi) is 5.34. The molecule has 0 aliphatic heterocycles. The second-order valence-corrected chi connectivity index (χ2v) is 7.55. The molecule has 0 radical (unpaired) electrons. The van der Waals surface area contributed by atoms with E-state index >= 15 is 0 Å². The number of ether oxygens (including phenoxy) is 2. The van der Waals surface area contributed by atoms with Crippen LogP contribution in [0.4, 0.5) is 4.39 Å². The van der Waals surface area contributed by atoms with E-state index in [1.165, 1.54) is 31.6 Å². The standard InChI is InChI=1S/C13H10Br2ClFO2S/c1-18-9-3-6(8(17)5-10(9)19-2)12(16)11-4-7(14)13(15)20-11/h3-5,12H,1-2H3. The minimum absolute atomic E-state index is 0.339. The van der Waals surface area contributed by atoms with Gasteiger partial charge in [-0.25, -0.2) is 4.39 Å². The molecule has 20 heavy (non-hydrogen) atoms. The number of hydrogen-bond acceptors (Lipinski definition) is 3. The molecule has 1 atom stereocenters. The van der Waals surface area contributed by atoms with E-state index in [-0.39, 0.29) is 0 Å². The van der Waals surface area contributed by atoms with Crippen molar-refractivity contribution in [3.05, 3.63) is 42.7 Å². The van der Waals surface area contributed by atoms with Gasteiger partial charge >= 0.3 is 0 Å². The second kappa shape index (κ2) is 6.64. The van der Waals surface area contributed by atoms with E-state index < -0.39 is 11.2 Å². The van der Waals surface area contributed by atoms with Gasteiger partial charge in [-0.3, -0.25) is 0 Å². The molecule has 1 unspecified atom stereocenters. The molecule has 1 heterocycles. The van der Waals surface area contributed by atoms with Gasteiger partial charge in [0.05, 0.1) is 23.4 Å². The number of hydrogen-bond donors (Lipinski definition) is 0. The molecule has 0 N–H and O–H groups in total. The quantitative estimate of drug-likeness (QED) is 0.559. The summed E-state index contributed by atoms with van der Waals surface area (Å²) in [6.07, 6.45) is 0. The van der Waals surface area contributed by atoms with E-state index in [0.29, 0.717) is 17.1 Å². The largest absolute Gasteiger partial charge is 0.493 e. The number of methoxy groups -OCH3 is 2. The molecule has 1 aromatic carbocycles. The predicted octanol–water partition coefficient (Wildman–Crippen LogP) is 5.76. The molecule has 2 rings (SSSR count). The molecule has 0 fully saturated rings. The van der Waals surface area contributed by atoms with Gasteiger partial charge in [0.1, 0.15) is 5.82 Å². The van der Waals surface area contributed by atoms with Gasteiger partial charge in [0.25, 0.3) is 0 Å². The average molecular weight is 445 g/mol. The Morgan fingerprint density at radius 2 is 1.75 bits per heavy atom. The number of alkyl halides is 1. The Morgan fingerprint density at radius 3 is 2.25 bits per heavy atom. The number of thiophene rings is 1. The zero-order chi connectivity index (χ0) is 14.9. The van der Waals surface area contributed by atoms with Crippen molar-refractivity contribution in [3.63, 3.8) is 0 Å². The maximum Gasteiger partial charge on any atom is 0.163 e. The molecule has 7 heteroatoms. The molecule has 0 saturated carbocycles. The van der Waals surface area contributed by atoms with Gasteiger partial charge in [-0.1, -0.05) is 0 Å². The third-order valence-electron chi connectivity index (χ3n) is 2.69. The van der Waals surface area contributed by atoms with Crippen LogP contribution in [0, 0.1) is 5.82 Å². The molecule has 0 bridgehead atoms. The first-order chi connectivity index (χ1) is 9.47. The molecule has 0 saturated heterocycles. The van der Waals surface area contributed by atoms with Crippen LogP contribution in [-0.4, -0.2) is 14.2 Å². The average Bonchev–Trinajstić information content (AvgIpc) is 2.77. The molecule has 1 aromatic heterocycles. The van der Waals surface area contributed by atoms with Crippen LogP contribution in [0.15, 0.2) is 26.5 Å². The van der Waals surface area contributed by atoms with Gasteiger partial charge in [0.2, 0.25) is 0 Å². The Labute approximate surface area is 142 Å². The van der Waals surface area contributed by atoms with Gasteiger partial charge in [0.15, 0.2) is 11.5 Å². The fourth-order valence-corrected chi connectivity index (χ4v) is 4.16. The summed E-state index contributed by atoms with van der Waals surface area (Å²) < 4.78 is 26.2. The van der Waals surface area contributed by atoms with Crippen LogP contribution in [0.25, 0.3) is 0 Å². The first kappa shape index (κ1) is 16.1. The lowest BCUT2D eigenvalue weighted by Gasteiger charge is -2.13. The maximum atomic E-state index is 14.2. The van der Waals surface area contributed by atoms with Crippen molar-refractivity contribution in [1.29, 1.82) is 0 Å². The normalized spacial score (nSPS) is 12.3. The lowest BCUT2D eigenvalue weighted by atomic mass is 10.1. The first-order valence-corrected chi connectivity index (χ1v) is 8.32. The number of rotatable bonds is 4. The Hall–Kier alpha value is -0.300. The summed E-state index contributed by atoms with van der Waals surface area (Å²) >= 11 is 14.6. The topological polar surface area (TPSA) is 18.5 Å². The van der Waals surface area contributed by atoms with Crippen LogP contribution in [0.1, 0.15) is 15.8 Å². The molecule has 2 aromatic rings. The molecule has 0 aliphatic rings. The van der Waals surface area contributed by atoms with Gasteiger partial charge in [-0.05, 0) is 44.0 Å². The third kappa shape index (κ3) is 3.13. The van der Waals surface area contributed by atoms with Crippen molar-refractivity contribution in [2.75, 3.05) is 14.2 Å². The van der Waals surface area contributed by atoms with E-state index in [4.69, 9.17) is 21.1 Å². The van der Waals surface area contributed by atoms with Crippen molar-refractivity contribution < 1.29 is 13.9 Å². The van der Waals surface area contributed by atoms with E-state index in [0.717, 1.165) is 13.1 Å². The van der Waals surface area contributed by atoms with E-state index in [9.17, 15) is 4.39 Å². The van der Waals surface area contributed by atoms with E-state index in [1.807, 2.05) is 6.07 Å². The number of benzene rings is 1. The fraction of sp³-hybridized carbons (Fsp3) is 0.231. The summed E-state index contributed by atoms with van der Waals surface area (Å²) in [6.45, 7) is 0. The van der Waals surface area contributed by atoms with Crippen molar-refractivity contribution in [3.8, 4) is 11.5 Å². The summed E-state index contributed by atoms with van der Waals surface area (Å²) in [4.78, 5) is 0.830. The third-order valence-corrected chi connectivity index (χ3v) is 6.61. The zero-order valence-electron chi connectivity index (χ0n) is 10.5. The van der Waals surface area contributed by atoms with Crippen LogP contribution in [0.2, 0.25) is 0 Å². The lowest BCUT2D eigenvalue weighted by molar-refractivity contribution is 0.351. The van der Waals surface area contributed by atoms with Crippen LogP contribution >= 0.6 is 54.8 Å². The van der Waals surface area contributed by atoms with Crippen LogP contribution in [0.5, 0.6) is 11.5 Å². The van der Waals surface area contributed by atoms with Crippen molar-refractivity contribution in [2.24, 2.45) is 0 Å². The van der Waals surface area contributed by atoms with Gasteiger partial charge in [0, 0.05) is 21.0 Å². The van der Waals surface area contributed by atoms with Crippen molar-refractivity contribution >= 4 is 54.8 Å². The monoisotopic (exact) mass is 442 g/mol.